The zero-order valence-electron chi connectivity index (χ0n) is 14.3. The molecule has 2 aromatic carbocycles. The second-order valence-electron chi connectivity index (χ2n) is 6.11. The van der Waals surface area contributed by atoms with Crippen LogP contribution in [0.5, 0.6) is 0 Å². The number of benzene rings is 2. The number of carbonyl (C=O) groups excluding carboxylic acids is 2. The van der Waals surface area contributed by atoms with E-state index in [2.05, 4.69) is 31.3 Å². The van der Waals surface area contributed by atoms with Crippen molar-refractivity contribution in [2.75, 3.05) is 5.32 Å². The molecule has 0 unspecified atom stereocenters. The number of carbonyl (C=O) groups is 2. The van der Waals surface area contributed by atoms with Crippen LogP contribution in [-0.2, 0) is 27.4 Å². The van der Waals surface area contributed by atoms with Crippen molar-refractivity contribution in [2.45, 2.75) is 39.7 Å². The summed E-state index contributed by atoms with van der Waals surface area (Å²) in [6.45, 7) is 6.03. The summed E-state index contributed by atoms with van der Waals surface area (Å²) in [5.74, 6) is 0.0999. The van der Waals surface area contributed by atoms with E-state index in [1.54, 1.807) is 12.1 Å². The Kier molecular flexibility index (Phi) is 6.13. The number of nitrogens with one attached hydrogen (secondary N) is 1. The fraction of sp³-hybridized carbons (Fsp3) is 0.300. The molecule has 24 heavy (non-hydrogen) atoms. The molecule has 1 N–H and O–H groups in total. The predicted molar refractivity (Wildman–Crippen MR) is 94.8 cm³/mol. The van der Waals surface area contributed by atoms with Gasteiger partial charge >= 0.3 is 5.97 Å². The summed E-state index contributed by atoms with van der Waals surface area (Å²) in [4.78, 5) is 22.9. The van der Waals surface area contributed by atoms with Gasteiger partial charge in [0.15, 0.2) is 0 Å². The maximum absolute atomic E-state index is 11.9. The van der Waals surface area contributed by atoms with Gasteiger partial charge < -0.3 is 10.1 Å². The third kappa shape index (κ3) is 5.54. The Morgan fingerprint density at radius 3 is 2.08 bits per heavy atom. The van der Waals surface area contributed by atoms with Gasteiger partial charge in [-0.25, -0.2) is 0 Å². The summed E-state index contributed by atoms with van der Waals surface area (Å²) < 4.78 is 5.32. The molecular weight excluding hydrogens is 302 g/mol. The number of esters is 1. The van der Waals surface area contributed by atoms with Crippen LogP contribution in [0.25, 0.3) is 0 Å². The van der Waals surface area contributed by atoms with E-state index in [0.717, 1.165) is 11.1 Å². The van der Waals surface area contributed by atoms with Crippen LogP contribution in [0.4, 0.5) is 5.69 Å². The maximum atomic E-state index is 11.9. The lowest BCUT2D eigenvalue weighted by molar-refractivity contribution is -0.144. The number of hydrogen-bond acceptors (Lipinski definition) is 3. The van der Waals surface area contributed by atoms with Crippen LogP contribution in [0.15, 0.2) is 48.5 Å². The first kappa shape index (κ1) is 17.7. The fourth-order valence-electron chi connectivity index (χ4n) is 2.29. The topological polar surface area (TPSA) is 55.4 Å². The van der Waals surface area contributed by atoms with Gasteiger partial charge in [-0.2, -0.15) is 0 Å². The average molecular weight is 325 g/mol. The minimum Gasteiger partial charge on any atom is -0.461 e. The van der Waals surface area contributed by atoms with Crippen LogP contribution in [0.2, 0.25) is 0 Å². The van der Waals surface area contributed by atoms with Crippen LogP contribution in [0, 0.1) is 0 Å². The molecule has 0 atom stereocenters. The second-order valence-corrected chi connectivity index (χ2v) is 6.11. The molecule has 0 radical (unpaired) electrons. The minimum atomic E-state index is -0.268. The molecule has 0 bridgehead atoms. The highest BCUT2D eigenvalue weighted by Crippen LogP contribution is 2.15. The number of hydrogen-bond donors (Lipinski definition) is 1. The van der Waals surface area contributed by atoms with Gasteiger partial charge in [-0.1, -0.05) is 50.2 Å². The van der Waals surface area contributed by atoms with Crippen molar-refractivity contribution in [2.24, 2.45) is 0 Å². The molecule has 0 saturated carbocycles. The molecule has 0 spiro atoms. The molecule has 0 fully saturated rings. The molecule has 0 aromatic heterocycles. The molecule has 0 heterocycles. The van der Waals surface area contributed by atoms with E-state index < -0.39 is 0 Å². The van der Waals surface area contributed by atoms with Gasteiger partial charge in [0, 0.05) is 12.6 Å². The molecular formula is C20H23NO3. The van der Waals surface area contributed by atoms with Crippen molar-refractivity contribution in [1.82, 2.24) is 0 Å². The predicted octanol–water partition coefficient (Wildman–Crippen LogP) is 4.05. The van der Waals surface area contributed by atoms with Crippen LogP contribution < -0.4 is 5.32 Å². The molecule has 0 aliphatic rings. The molecule has 126 valence electrons. The van der Waals surface area contributed by atoms with E-state index in [4.69, 9.17) is 4.74 Å². The molecule has 1 amide bonds. The summed E-state index contributed by atoms with van der Waals surface area (Å²) in [6.07, 6.45) is 0.213. The summed E-state index contributed by atoms with van der Waals surface area (Å²) in [6, 6.07) is 15.3. The van der Waals surface area contributed by atoms with Crippen LogP contribution in [0.1, 0.15) is 43.4 Å². The minimum absolute atomic E-state index is 0.120. The van der Waals surface area contributed by atoms with Crippen molar-refractivity contribution in [3.63, 3.8) is 0 Å². The Morgan fingerprint density at radius 1 is 0.958 bits per heavy atom. The maximum Gasteiger partial charge on any atom is 0.310 e. The Morgan fingerprint density at radius 2 is 1.54 bits per heavy atom. The molecule has 2 aromatic rings. The number of rotatable bonds is 6. The van der Waals surface area contributed by atoms with Gasteiger partial charge in [-0.3, -0.25) is 9.59 Å². The summed E-state index contributed by atoms with van der Waals surface area (Å²) in [7, 11) is 0. The first-order valence-corrected chi connectivity index (χ1v) is 8.05. The summed E-state index contributed by atoms with van der Waals surface area (Å²) >= 11 is 0. The second kappa shape index (κ2) is 8.29. The van der Waals surface area contributed by atoms with E-state index in [1.165, 1.54) is 12.5 Å². The van der Waals surface area contributed by atoms with Crippen molar-refractivity contribution in [3.05, 3.63) is 65.2 Å². The Bertz CT molecular complexity index is 688. The van der Waals surface area contributed by atoms with Crippen molar-refractivity contribution in [1.29, 1.82) is 0 Å². The smallest absolute Gasteiger partial charge is 0.310 e. The Hall–Kier alpha value is -2.62. The summed E-state index contributed by atoms with van der Waals surface area (Å²) in [5.41, 5.74) is 3.81. The molecule has 0 aliphatic carbocycles. The lowest BCUT2D eigenvalue weighted by Crippen LogP contribution is -2.09. The van der Waals surface area contributed by atoms with E-state index in [0.29, 0.717) is 11.6 Å². The number of anilines is 1. The largest absolute Gasteiger partial charge is 0.461 e. The summed E-state index contributed by atoms with van der Waals surface area (Å²) in [5, 5.41) is 2.69. The lowest BCUT2D eigenvalue weighted by atomic mass is 10.0. The van der Waals surface area contributed by atoms with Crippen molar-refractivity contribution in [3.8, 4) is 0 Å². The number of amides is 1. The SMILES string of the molecule is CC(=O)Nc1ccc(CC(=O)OCc2ccc(C(C)C)cc2)cc1. The molecule has 0 aliphatic heterocycles. The first-order chi connectivity index (χ1) is 11.4. The highest BCUT2D eigenvalue weighted by atomic mass is 16.5. The van der Waals surface area contributed by atoms with Crippen LogP contribution in [-0.4, -0.2) is 11.9 Å². The van der Waals surface area contributed by atoms with Gasteiger partial charge in [0.25, 0.3) is 0 Å². The number of ether oxygens (including phenoxy) is 1. The Balaban J connectivity index is 1.83. The van der Waals surface area contributed by atoms with Crippen LogP contribution >= 0.6 is 0 Å². The van der Waals surface area contributed by atoms with Gasteiger partial charge in [0.05, 0.1) is 6.42 Å². The average Bonchev–Trinajstić information content (AvgIpc) is 2.54. The third-order valence-electron chi connectivity index (χ3n) is 3.67. The van der Waals surface area contributed by atoms with E-state index in [1.807, 2.05) is 24.3 Å². The van der Waals surface area contributed by atoms with Crippen LogP contribution in [0.3, 0.4) is 0 Å². The molecule has 2 rings (SSSR count). The Labute approximate surface area is 142 Å². The lowest BCUT2D eigenvalue weighted by Gasteiger charge is -2.08. The van der Waals surface area contributed by atoms with Gasteiger partial charge in [-0.05, 0) is 34.7 Å². The zero-order valence-corrected chi connectivity index (χ0v) is 14.3. The quantitative estimate of drug-likeness (QED) is 0.815. The first-order valence-electron chi connectivity index (χ1n) is 8.05. The standard InChI is InChI=1S/C20H23NO3/c1-14(2)18-8-4-17(5-9-18)13-24-20(23)12-16-6-10-19(11-7-16)21-15(3)22/h4-11,14H,12-13H2,1-3H3,(H,21,22). The monoisotopic (exact) mass is 325 g/mol. The van der Waals surface area contributed by atoms with E-state index in [9.17, 15) is 9.59 Å². The van der Waals surface area contributed by atoms with Crippen molar-refractivity contribution >= 4 is 17.6 Å². The fourth-order valence-corrected chi connectivity index (χ4v) is 2.29. The third-order valence-corrected chi connectivity index (χ3v) is 3.67. The van der Waals surface area contributed by atoms with Crippen molar-refractivity contribution < 1.29 is 14.3 Å². The van der Waals surface area contributed by atoms with E-state index in [-0.39, 0.29) is 24.9 Å². The van der Waals surface area contributed by atoms with E-state index >= 15 is 0 Å². The normalized spacial score (nSPS) is 10.5. The highest BCUT2D eigenvalue weighted by Gasteiger charge is 2.06. The molecule has 4 nitrogen and oxygen atoms in total. The van der Waals surface area contributed by atoms with Gasteiger partial charge in [0.2, 0.25) is 5.91 Å². The highest BCUT2D eigenvalue weighted by molar-refractivity contribution is 5.88. The van der Waals surface area contributed by atoms with Gasteiger partial charge in [-0.15, -0.1) is 0 Å². The zero-order chi connectivity index (χ0) is 17.5. The molecule has 4 heteroatoms. The molecule has 0 saturated heterocycles. The van der Waals surface area contributed by atoms with Gasteiger partial charge in [0.1, 0.15) is 6.61 Å².